The van der Waals surface area contributed by atoms with E-state index in [-0.39, 0.29) is 25.0 Å². The summed E-state index contributed by atoms with van der Waals surface area (Å²) in [6.07, 6.45) is 4.38. The molecule has 0 N–H and O–H groups in total. The lowest BCUT2D eigenvalue weighted by Crippen LogP contribution is -2.46. The number of nitrogens with zero attached hydrogens (tertiary/aromatic N) is 2. The van der Waals surface area contributed by atoms with Gasteiger partial charge in [0.1, 0.15) is 5.76 Å². The van der Waals surface area contributed by atoms with Gasteiger partial charge in [0.2, 0.25) is 15.9 Å². The highest BCUT2D eigenvalue weighted by Crippen LogP contribution is 2.16. The first-order chi connectivity index (χ1) is 16.4. The van der Waals surface area contributed by atoms with Crippen molar-refractivity contribution in [1.82, 2.24) is 9.21 Å². The molecule has 3 rings (SSSR count). The Balaban J connectivity index is 1.78. The minimum absolute atomic E-state index is 0.230. The lowest BCUT2D eigenvalue weighted by Gasteiger charge is -2.29. The molecule has 0 radical (unpaired) electrons. The van der Waals surface area contributed by atoms with Gasteiger partial charge < -0.3 is 9.32 Å². The van der Waals surface area contributed by atoms with Gasteiger partial charge in [-0.05, 0) is 49.1 Å². The molecule has 0 aliphatic heterocycles. The molecule has 0 saturated carbocycles. The van der Waals surface area contributed by atoms with E-state index in [2.05, 4.69) is 0 Å². The quantitative estimate of drug-likeness (QED) is 0.368. The number of hydrogen-bond donors (Lipinski definition) is 0. The van der Waals surface area contributed by atoms with Crippen LogP contribution in [0.1, 0.15) is 37.2 Å². The summed E-state index contributed by atoms with van der Waals surface area (Å²) in [5.74, 6) is 0.396. The SMILES string of the molecule is CCC(C)N(CC(=O)N(CCc1ccccc1)Cc1ccco1)S(=O)(=O)C=Cc1ccccc1. The zero-order valence-electron chi connectivity index (χ0n) is 19.7. The van der Waals surface area contributed by atoms with Crippen LogP contribution < -0.4 is 0 Å². The standard InChI is InChI=1S/C27H32N2O4S/c1-3-23(2)29(34(31,32)20-17-25-13-8-5-9-14-25)22-27(30)28(21-26-15-10-19-33-26)18-16-24-11-6-4-7-12-24/h4-15,17,19-20,23H,3,16,18,21-22H2,1-2H3. The topological polar surface area (TPSA) is 70.8 Å². The molecule has 1 heterocycles. The number of furan rings is 1. The summed E-state index contributed by atoms with van der Waals surface area (Å²) in [4.78, 5) is 15.1. The van der Waals surface area contributed by atoms with Crippen molar-refractivity contribution in [2.24, 2.45) is 0 Å². The van der Waals surface area contributed by atoms with Crippen LogP contribution in [-0.2, 0) is 27.8 Å². The molecule has 1 amide bonds. The molecule has 1 atom stereocenters. The molecule has 34 heavy (non-hydrogen) atoms. The van der Waals surface area contributed by atoms with Crippen molar-refractivity contribution >= 4 is 22.0 Å². The number of carbonyl (C=O) groups excluding carboxylic acids is 1. The van der Waals surface area contributed by atoms with Gasteiger partial charge in [-0.2, -0.15) is 4.31 Å². The normalized spacial score (nSPS) is 12.8. The first-order valence-corrected chi connectivity index (χ1v) is 13.0. The van der Waals surface area contributed by atoms with E-state index < -0.39 is 10.0 Å². The number of amides is 1. The Morgan fingerprint density at radius 3 is 2.29 bits per heavy atom. The first-order valence-electron chi connectivity index (χ1n) is 11.5. The van der Waals surface area contributed by atoms with Gasteiger partial charge in [0.05, 0.1) is 19.4 Å². The van der Waals surface area contributed by atoms with Crippen LogP contribution >= 0.6 is 0 Å². The minimum Gasteiger partial charge on any atom is -0.467 e. The Labute approximate surface area is 202 Å². The van der Waals surface area contributed by atoms with Crippen LogP contribution in [-0.4, -0.2) is 42.7 Å². The van der Waals surface area contributed by atoms with E-state index in [0.717, 1.165) is 11.1 Å². The molecule has 0 bridgehead atoms. The molecule has 1 unspecified atom stereocenters. The summed E-state index contributed by atoms with van der Waals surface area (Å²) in [7, 11) is -3.81. The molecule has 6 nitrogen and oxygen atoms in total. The van der Waals surface area contributed by atoms with Gasteiger partial charge >= 0.3 is 0 Å². The molecule has 0 spiro atoms. The van der Waals surface area contributed by atoms with Crippen molar-refractivity contribution in [3.8, 4) is 0 Å². The van der Waals surface area contributed by atoms with Crippen molar-refractivity contribution in [1.29, 1.82) is 0 Å². The minimum atomic E-state index is -3.81. The van der Waals surface area contributed by atoms with Crippen LogP contribution in [0.4, 0.5) is 0 Å². The highest BCUT2D eigenvalue weighted by molar-refractivity contribution is 7.92. The number of carbonyl (C=O) groups is 1. The van der Waals surface area contributed by atoms with Gasteiger partial charge in [-0.3, -0.25) is 4.79 Å². The predicted molar refractivity (Wildman–Crippen MR) is 135 cm³/mol. The van der Waals surface area contributed by atoms with E-state index in [0.29, 0.717) is 25.1 Å². The summed E-state index contributed by atoms with van der Waals surface area (Å²) in [6, 6.07) is 22.4. The number of sulfonamides is 1. The number of rotatable bonds is 12. The molecule has 0 fully saturated rings. The number of hydrogen-bond acceptors (Lipinski definition) is 4. The maximum absolute atomic E-state index is 13.4. The van der Waals surface area contributed by atoms with Crippen LogP contribution in [0, 0.1) is 0 Å². The van der Waals surface area contributed by atoms with E-state index in [9.17, 15) is 13.2 Å². The Kier molecular flexibility index (Phi) is 9.24. The van der Waals surface area contributed by atoms with E-state index in [1.807, 2.05) is 80.6 Å². The second-order valence-corrected chi connectivity index (χ2v) is 9.96. The van der Waals surface area contributed by atoms with Gasteiger partial charge in [0.15, 0.2) is 0 Å². The fourth-order valence-corrected chi connectivity index (χ4v) is 4.96. The Morgan fingerprint density at radius 2 is 1.68 bits per heavy atom. The molecule has 2 aromatic carbocycles. The molecule has 7 heteroatoms. The van der Waals surface area contributed by atoms with E-state index in [1.165, 1.54) is 9.71 Å². The van der Waals surface area contributed by atoms with Crippen molar-refractivity contribution in [2.45, 2.75) is 39.3 Å². The van der Waals surface area contributed by atoms with Crippen LogP contribution in [0.25, 0.3) is 6.08 Å². The van der Waals surface area contributed by atoms with Crippen LogP contribution in [0.15, 0.2) is 88.9 Å². The second kappa shape index (κ2) is 12.3. The van der Waals surface area contributed by atoms with Crippen molar-refractivity contribution in [3.63, 3.8) is 0 Å². The van der Waals surface area contributed by atoms with E-state index in [4.69, 9.17) is 4.42 Å². The van der Waals surface area contributed by atoms with Gasteiger partial charge in [0.25, 0.3) is 0 Å². The lowest BCUT2D eigenvalue weighted by atomic mass is 10.1. The monoisotopic (exact) mass is 480 g/mol. The second-order valence-electron chi connectivity index (χ2n) is 8.19. The summed E-state index contributed by atoms with van der Waals surface area (Å²) >= 11 is 0. The average Bonchev–Trinajstić information content (AvgIpc) is 3.37. The Morgan fingerprint density at radius 1 is 1.00 bits per heavy atom. The van der Waals surface area contributed by atoms with Crippen molar-refractivity contribution in [3.05, 3.63) is 101 Å². The fourth-order valence-electron chi connectivity index (χ4n) is 3.53. The molecule has 1 aromatic heterocycles. The zero-order chi connectivity index (χ0) is 24.4. The molecule has 0 saturated heterocycles. The van der Waals surface area contributed by atoms with Crippen molar-refractivity contribution in [2.75, 3.05) is 13.1 Å². The van der Waals surface area contributed by atoms with Gasteiger partial charge in [-0.25, -0.2) is 8.42 Å². The largest absolute Gasteiger partial charge is 0.467 e. The molecule has 180 valence electrons. The third-order valence-electron chi connectivity index (χ3n) is 5.73. The third-order valence-corrected chi connectivity index (χ3v) is 7.35. The summed E-state index contributed by atoms with van der Waals surface area (Å²) in [6.45, 7) is 4.24. The van der Waals surface area contributed by atoms with Crippen LogP contribution in [0.2, 0.25) is 0 Å². The molecular weight excluding hydrogens is 448 g/mol. The van der Waals surface area contributed by atoms with Gasteiger partial charge in [-0.15, -0.1) is 0 Å². The zero-order valence-corrected chi connectivity index (χ0v) is 20.5. The Hall–Kier alpha value is -3.16. The molecular formula is C27H32N2O4S. The first kappa shape index (κ1) is 25.5. The van der Waals surface area contributed by atoms with Crippen LogP contribution in [0.5, 0.6) is 0 Å². The average molecular weight is 481 g/mol. The maximum atomic E-state index is 13.4. The highest BCUT2D eigenvalue weighted by atomic mass is 32.2. The summed E-state index contributed by atoms with van der Waals surface area (Å²) < 4.78 is 33.2. The lowest BCUT2D eigenvalue weighted by molar-refractivity contribution is -0.132. The van der Waals surface area contributed by atoms with Crippen LogP contribution in [0.3, 0.4) is 0 Å². The van der Waals surface area contributed by atoms with Gasteiger partial charge in [-0.1, -0.05) is 67.6 Å². The van der Waals surface area contributed by atoms with E-state index >= 15 is 0 Å². The predicted octanol–water partition coefficient (Wildman–Crippen LogP) is 4.95. The van der Waals surface area contributed by atoms with Gasteiger partial charge in [0, 0.05) is 18.0 Å². The van der Waals surface area contributed by atoms with Crippen molar-refractivity contribution < 1.29 is 17.6 Å². The maximum Gasteiger partial charge on any atom is 0.238 e. The molecule has 3 aromatic rings. The summed E-state index contributed by atoms with van der Waals surface area (Å²) in [5, 5.41) is 1.18. The third kappa shape index (κ3) is 7.43. The Bertz CT molecular complexity index is 1140. The summed E-state index contributed by atoms with van der Waals surface area (Å²) in [5.41, 5.74) is 1.89. The van der Waals surface area contributed by atoms with E-state index in [1.54, 1.807) is 23.3 Å². The fraction of sp³-hybridized carbons (Fsp3) is 0.296. The smallest absolute Gasteiger partial charge is 0.238 e. The highest BCUT2D eigenvalue weighted by Gasteiger charge is 2.29. The molecule has 0 aliphatic carbocycles. The molecule has 0 aliphatic rings. The number of benzene rings is 2.